The number of halogens is 3. The second kappa shape index (κ2) is 8.93. The van der Waals surface area contributed by atoms with E-state index < -0.39 is 74.4 Å². The van der Waals surface area contributed by atoms with Gasteiger partial charge in [0.05, 0.1) is 22.3 Å². The van der Waals surface area contributed by atoms with Crippen LogP contribution in [0.3, 0.4) is 0 Å². The van der Waals surface area contributed by atoms with Crippen molar-refractivity contribution >= 4 is 23.9 Å². The van der Waals surface area contributed by atoms with Gasteiger partial charge in [-0.25, -0.2) is 19.2 Å². The van der Waals surface area contributed by atoms with Crippen LogP contribution in [0, 0.1) is 0 Å². The molecule has 0 fully saturated rings. The molecule has 8 nitrogen and oxygen atoms in total. The van der Waals surface area contributed by atoms with Gasteiger partial charge in [0.2, 0.25) is 0 Å². The number of benzene rings is 3. The lowest BCUT2D eigenvalue weighted by Crippen LogP contribution is -2.45. The molecule has 0 saturated heterocycles. The summed E-state index contributed by atoms with van der Waals surface area (Å²) in [6.07, 6.45) is -5.23. The first-order valence-corrected chi connectivity index (χ1v) is 9.66. The summed E-state index contributed by atoms with van der Waals surface area (Å²) in [6.45, 7) is 0. The highest BCUT2D eigenvalue weighted by molar-refractivity contribution is 6.03. The first-order valence-electron chi connectivity index (χ1n) is 9.66. The summed E-state index contributed by atoms with van der Waals surface area (Å²) in [5, 5.41) is 37.5. The molecule has 0 aromatic heterocycles. The largest absolute Gasteiger partial charge is 0.478 e. The molecule has 3 rings (SSSR count). The van der Waals surface area contributed by atoms with Gasteiger partial charge in [-0.05, 0) is 41.0 Å². The van der Waals surface area contributed by atoms with E-state index in [9.17, 15) is 39.6 Å². The summed E-state index contributed by atoms with van der Waals surface area (Å²) in [7, 11) is 0. The number of hydrogen-bond acceptors (Lipinski definition) is 4. The highest BCUT2D eigenvalue weighted by Crippen LogP contribution is 2.51. The summed E-state index contributed by atoms with van der Waals surface area (Å²) in [6, 6.07) is 10.3. The fourth-order valence-corrected chi connectivity index (χ4v) is 3.96. The minimum Gasteiger partial charge on any atom is -0.478 e. The lowest BCUT2D eigenvalue weighted by atomic mass is 9.67. The third-order valence-electron chi connectivity index (χ3n) is 5.46. The van der Waals surface area contributed by atoms with Crippen LogP contribution in [-0.2, 0) is 5.41 Å². The Labute approximate surface area is 194 Å². The molecule has 3 aromatic carbocycles. The van der Waals surface area contributed by atoms with Crippen molar-refractivity contribution in [1.82, 2.24) is 0 Å². The summed E-state index contributed by atoms with van der Waals surface area (Å²) in [5.41, 5.74) is -8.38. The van der Waals surface area contributed by atoms with Crippen LogP contribution >= 0.6 is 0 Å². The predicted octanol–water partition coefficient (Wildman–Crippen LogP) is 4.38. The summed E-state index contributed by atoms with van der Waals surface area (Å²) in [5.74, 6) is -6.93. The summed E-state index contributed by atoms with van der Waals surface area (Å²) < 4.78 is 45.3. The highest BCUT2D eigenvalue weighted by Gasteiger charge is 2.58. The average molecular weight is 488 g/mol. The fourth-order valence-electron chi connectivity index (χ4n) is 3.96. The Morgan fingerprint density at radius 2 is 0.886 bits per heavy atom. The molecule has 0 unspecified atom stereocenters. The van der Waals surface area contributed by atoms with Gasteiger partial charge in [-0.2, -0.15) is 13.2 Å². The van der Waals surface area contributed by atoms with Crippen molar-refractivity contribution < 1.29 is 52.8 Å². The Hall–Kier alpha value is -4.67. The van der Waals surface area contributed by atoms with E-state index in [2.05, 4.69) is 0 Å². The number of rotatable bonds is 7. The van der Waals surface area contributed by atoms with Crippen molar-refractivity contribution in [3.63, 3.8) is 0 Å². The topological polar surface area (TPSA) is 149 Å². The smallest absolute Gasteiger partial charge is 0.406 e. The Bertz CT molecular complexity index is 1270. The molecule has 0 saturated carbocycles. The van der Waals surface area contributed by atoms with Crippen LogP contribution in [0.4, 0.5) is 13.2 Å². The molecule has 0 aliphatic carbocycles. The van der Waals surface area contributed by atoms with Crippen molar-refractivity contribution in [1.29, 1.82) is 0 Å². The van der Waals surface area contributed by atoms with E-state index in [1.165, 1.54) is 18.2 Å². The normalized spacial score (nSPS) is 11.6. The molecule has 0 amide bonds. The second-order valence-corrected chi connectivity index (χ2v) is 7.36. The maximum Gasteiger partial charge on any atom is 0.406 e. The summed E-state index contributed by atoms with van der Waals surface area (Å²) >= 11 is 0. The first kappa shape index (κ1) is 25.0. The Kier molecular flexibility index (Phi) is 6.37. The quantitative estimate of drug-likeness (QED) is 0.358. The second-order valence-electron chi connectivity index (χ2n) is 7.36. The molecule has 35 heavy (non-hydrogen) atoms. The molecule has 0 radical (unpaired) electrons. The van der Waals surface area contributed by atoms with E-state index in [1.807, 2.05) is 0 Å². The number of carboxylic acid groups (broad SMARTS) is 4. The van der Waals surface area contributed by atoms with Crippen LogP contribution < -0.4 is 0 Å². The molecular formula is C24H15F3O8. The predicted molar refractivity (Wildman–Crippen MR) is 113 cm³/mol. The van der Waals surface area contributed by atoms with Crippen LogP contribution in [0.2, 0.25) is 0 Å². The molecule has 180 valence electrons. The fraction of sp³-hybridized carbons (Fsp3) is 0.0833. The monoisotopic (exact) mass is 488 g/mol. The molecule has 0 heterocycles. The Morgan fingerprint density at radius 3 is 1.20 bits per heavy atom. The van der Waals surface area contributed by atoms with Gasteiger partial charge in [0.1, 0.15) is 5.41 Å². The van der Waals surface area contributed by atoms with Crippen LogP contribution in [0.1, 0.15) is 58.1 Å². The molecule has 4 N–H and O–H groups in total. The first-order chi connectivity index (χ1) is 16.3. The van der Waals surface area contributed by atoms with Crippen LogP contribution in [0.15, 0.2) is 66.7 Å². The van der Waals surface area contributed by atoms with Gasteiger partial charge in [0, 0.05) is 0 Å². The molecule has 0 bridgehead atoms. The van der Waals surface area contributed by atoms with Gasteiger partial charge in [-0.3, -0.25) is 0 Å². The number of alkyl halides is 3. The minimum atomic E-state index is -5.23. The van der Waals surface area contributed by atoms with Crippen molar-refractivity contribution in [2.75, 3.05) is 0 Å². The van der Waals surface area contributed by atoms with Crippen molar-refractivity contribution in [3.8, 4) is 0 Å². The van der Waals surface area contributed by atoms with Crippen molar-refractivity contribution in [2.45, 2.75) is 11.6 Å². The van der Waals surface area contributed by atoms with Crippen molar-refractivity contribution in [3.05, 3.63) is 106 Å². The van der Waals surface area contributed by atoms with Crippen LogP contribution in [0.25, 0.3) is 0 Å². The molecule has 0 atom stereocenters. The van der Waals surface area contributed by atoms with Gasteiger partial charge in [-0.1, -0.05) is 42.5 Å². The van der Waals surface area contributed by atoms with E-state index >= 15 is 13.2 Å². The van der Waals surface area contributed by atoms with E-state index in [0.717, 1.165) is 24.3 Å². The number of hydrogen-bond donors (Lipinski definition) is 4. The third kappa shape index (κ3) is 4.19. The van der Waals surface area contributed by atoms with E-state index in [1.54, 1.807) is 0 Å². The van der Waals surface area contributed by atoms with E-state index in [-0.39, 0.29) is 0 Å². The lowest BCUT2D eigenvalue weighted by Gasteiger charge is -2.38. The molecule has 3 aromatic rings. The third-order valence-corrected chi connectivity index (χ3v) is 5.46. The highest BCUT2D eigenvalue weighted by atomic mass is 19.4. The van der Waals surface area contributed by atoms with E-state index in [4.69, 9.17) is 0 Å². The molecule has 0 aliphatic rings. The standard InChI is InChI=1S/C24H15F3O8/c25-24(26,27)23(12-4-2-1-3-5-12,13-6-8-15(19(28)29)17(10-13)21(32)33)14-7-9-16(20(30)31)18(11-14)22(34)35/h1-11H,(H,28,29)(H,30,31)(H,32,33)(H,34,35). The summed E-state index contributed by atoms with van der Waals surface area (Å²) in [4.78, 5) is 46.3. The Morgan fingerprint density at radius 1 is 0.514 bits per heavy atom. The van der Waals surface area contributed by atoms with E-state index in [0.29, 0.717) is 24.3 Å². The molecule has 11 heteroatoms. The van der Waals surface area contributed by atoms with Gasteiger partial charge in [-0.15, -0.1) is 0 Å². The van der Waals surface area contributed by atoms with Crippen LogP contribution in [-0.4, -0.2) is 50.5 Å². The van der Waals surface area contributed by atoms with Gasteiger partial charge in [0.25, 0.3) is 0 Å². The number of carbonyl (C=O) groups is 4. The lowest BCUT2D eigenvalue weighted by molar-refractivity contribution is -0.166. The van der Waals surface area contributed by atoms with Crippen LogP contribution in [0.5, 0.6) is 0 Å². The number of carboxylic acids is 4. The zero-order chi connectivity index (χ0) is 26.1. The van der Waals surface area contributed by atoms with Gasteiger partial charge < -0.3 is 20.4 Å². The molecule has 0 spiro atoms. The average Bonchev–Trinajstić information content (AvgIpc) is 2.78. The van der Waals surface area contributed by atoms with Gasteiger partial charge >= 0.3 is 30.1 Å². The maximum absolute atomic E-state index is 15.1. The maximum atomic E-state index is 15.1. The SMILES string of the molecule is O=C(O)c1ccc(C(c2ccccc2)(c2ccc(C(=O)O)c(C(=O)O)c2)C(F)(F)F)cc1C(=O)O. The molecular weight excluding hydrogens is 473 g/mol. The zero-order valence-electron chi connectivity index (χ0n) is 17.4. The van der Waals surface area contributed by atoms with Gasteiger partial charge in [0.15, 0.2) is 0 Å². The minimum absolute atomic E-state index is 0.439. The van der Waals surface area contributed by atoms with Crippen molar-refractivity contribution in [2.24, 2.45) is 0 Å². The number of aromatic carboxylic acids is 4. The molecule has 0 aliphatic heterocycles. The zero-order valence-corrected chi connectivity index (χ0v) is 17.4. The Balaban J connectivity index is 2.54.